The van der Waals surface area contributed by atoms with Crippen molar-refractivity contribution in [2.24, 2.45) is 0 Å². The van der Waals surface area contributed by atoms with Gasteiger partial charge in [-0.05, 0) is 55.0 Å². The molecule has 36 heavy (non-hydrogen) atoms. The fourth-order valence-electron chi connectivity index (χ4n) is 3.81. The summed E-state index contributed by atoms with van der Waals surface area (Å²) in [5, 5.41) is 3.42. The number of carbonyl (C=O) groups is 2. The number of benzene rings is 2. The number of carbonyl (C=O) groups excluding carboxylic acids is 2. The van der Waals surface area contributed by atoms with E-state index >= 15 is 0 Å². The molecule has 0 saturated heterocycles. The lowest BCUT2D eigenvalue weighted by Crippen LogP contribution is -2.53. The Balaban J connectivity index is 2.45. The second-order valence-electron chi connectivity index (χ2n) is 9.37. The zero-order valence-corrected chi connectivity index (χ0v) is 23.6. The van der Waals surface area contributed by atoms with E-state index in [1.807, 2.05) is 39.0 Å². The van der Waals surface area contributed by atoms with Crippen LogP contribution in [0, 0.1) is 0 Å². The first-order valence-electron chi connectivity index (χ1n) is 12.3. The quantitative estimate of drug-likeness (QED) is 0.416. The summed E-state index contributed by atoms with van der Waals surface area (Å²) in [4.78, 5) is 28.3. The normalized spacial score (nSPS) is 13.2. The van der Waals surface area contributed by atoms with Gasteiger partial charge in [-0.15, -0.1) is 0 Å². The summed E-state index contributed by atoms with van der Waals surface area (Å²) in [5.74, 6) is -0.480. The molecule has 0 unspecified atom stereocenters. The van der Waals surface area contributed by atoms with Gasteiger partial charge in [0.2, 0.25) is 21.8 Å². The number of anilines is 1. The molecule has 0 saturated carbocycles. The summed E-state index contributed by atoms with van der Waals surface area (Å²) < 4.78 is 26.5. The van der Waals surface area contributed by atoms with Crippen LogP contribution in [0.5, 0.6) is 0 Å². The smallest absolute Gasteiger partial charge is 0.244 e. The molecule has 0 aliphatic carbocycles. The summed E-state index contributed by atoms with van der Waals surface area (Å²) in [5.41, 5.74) is 2.13. The Morgan fingerprint density at radius 1 is 0.972 bits per heavy atom. The molecular weight excluding hydrogens is 498 g/mol. The van der Waals surface area contributed by atoms with Crippen LogP contribution in [0.25, 0.3) is 0 Å². The summed E-state index contributed by atoms with van der Waals surface area (Å²) in [6, 6.07) is 13.4. The molecule has 0 aromatic heterocycles. The highest BCUT2D eigenvalue weighted by molar-refractivity contribution is 7.92. The standard InChI is InChI=1S/C27H38ClN3O4S/c1-7-20(5)29-27(33)25(8-2)30(17-22-11-9-10-12-24(22)28)26(32)18-31(36(6,34)35)23-15-13-21(14-16-23)19(3)4/h9-16,19-20,25H,7-8,17-18H2,1-6H3,(H,29,33)/t20-,25-/m1/s1. The van der Waals surface area contributed by atoms with Crippen molar-refractivity contribution in [3.63, 3.8) is 0 Å². The van der Waals surface area contributed by atoms with Gasteiger partial charge in [0.15, 0.2) is 0 Å². The molecule has 2 rings (SSSR count). The third-order valence-electron chi connectivity index (χ3n) is 6.21. The number of hydrogen-bond donors (Lipinski definition) is 1. The summed E-state index contributed by atoms with van der Waals surface area (Å²) in [7, 11) is -3.78. The maximum atomic E-state index is 13.7. The molecule has 9 heteroatoms. The molecule has 0 aliphatic rings. The van der Waals surface area contributed by atoms with Gasteiger partial charge in [-0.1, -0.05) is 69.6 Å². The zero-order valence-electron chi connectivity index (χ0n) is 22.0. The fraction of sp³-hybridized carbons (Fsp3) is 0.481. The molecule has 2 aromatic carbocycles. The van der Waals surface area contributed by atoms with E-state index in [0.29, 0.717) is 22.7 Å². The lowest BCUT2D eigenvalue weighted by molar-refractivity contribution is -0.140. The number of halogens is 1. The van der Waals surface area contributed by atoms with E-state index in [1.54, 1.807) is 30.3 Å². The van der Waals surface area contributed by atoms with Crippen molar-refractivity contribution in [1.29, 1.82) is 0 Å². The Bertz CT molecular complexity index is 1140. The molecule has 2 amide bonds. The van der Waals surface area contributed by atoms with Crippen LogP contribution in [0.1, 0.15) is 64.5 Å². The Labute approximate surface area is 220 Å². The summed E-state index contributed by atoms with van der Waals surface area (Å²) in [6.07, 6.45) is 2.18. The molecule has 2 atom stereocenters. The number of nitrogens with one attached hydrogen (secondary N) is 1. The fourth-order valence-corrected chi connectivity index (χ4v) is 4.86. The van der Waals surface area contributed by atoms with Crippen molar-refractivity contribution in [3.8, 4) is 0 Å². The SMILES string of the molecule is CC[C@@H](C)NC(=O)[C@@H](CC)N(Cc1ccccc1Cl)C(=O)CN(c1ccc(C(C)C)cc1)S(C)(=O)=O. The Hall–Kier alpha value is -2.58. The van der Waals surface area contributed by atoms with E-state index in [2.05, 4.69) is 19.2 Å². The van der Waals surface area contributed by atoms with Gasteiger partial charge in [0.1, 0.15) is 12.6 Å². The van der Waals surface area contributed by atoms with Gasteiger partial charge in [-0.2, -0.15) is 0 Å². The van der Waals surface area contributed by atoms with Crippen molar-refractivity contribution in [3.05, 3.63) is 64.7 Å². The van der Waals surface area contributed by atoms with Gasteiger partial charge in [-0.25, -0.2) is 8.42 Å². The van der Waals surface area contributed by atoms with Crippen molar-refractivity contribution < 1.29 is 18.0 Å². The molecule has 2 aromatic rings. The molecular formula is C27H38ClN3O4S. The van der Waals surface area contributed by atoms with E-state index in [4.69, 9.17) is 11.6 Å². The molecule has 1 N–H and O–H groups in total. The van der Waals surface area contributed by atoms with Gasteiger partial charge in [0, 0.05) is 17.6 Å². The van der Waals surface area contributed by atoms with Crippen LogP contribution < -0.4 is 9.62 Å². The van der Waals surface area contributed by atoms with Gasteiger partial charge in [0.05, 0.1) is 11.9 Å². The van der Waals surface area contributed by atoms with Gasteiger partial charge in [-0.3, -0.25) is 13.9 Å². The Morgan fingerprint density at radius 3 is 2.08 bits per heavy atom. The minimum Gasteiger partial charge on any atom is -0.352 e. The van der Waals surface area contributed by atoms with Crippen LogP contribution in [0.15, 0.2) is 48.5 Å². The highest BCUT2D eigenvalue weighted by atomic mass is 35.5. The first-order valence-corrected chi connectivity index (χ1v) is 14.5. The second kappa shape index (κ2) is 13.1. The maximum Gasteiger partial charge on any atom is 0.244 e. The molecule has 7 nitrogen and oxygen atoms in total. The highest BCUT2D eigenvalue weighted by Crippen LogP contribution is 2.24. The number of sulfonamides is 1. The van der Waals surface area contributed by atoms with E-state index in [1.165, 1.54) is 4.90 Å². The Kier molecular flexibility index (Phi) is 10.8. The summed E-state index contributed by atoms with van der Waals surface area (Å²) in [6.45, 7) is 9.44. The van der Waals surface area contributed by atoms with E-state index in [0.717, 1.165) is 22.5 Å². The molecule has 0 heterocycles. The molecule has 0 spiro atoms. The number of hydrogen-bond acceptors (Lipinski definition) is 4. The van der Waals surface area contributed by atoms with Crippen molar-refractivity contribution in [2.45, 2.75) is 72.0 Å². The van der Waals surface area contributed by atoms with Crippen molar-refractivity contribution >= 4 is 39.1 Å². The third-order valence-corrected chi connectivity index (χ3v) is 7.72. The van der Waals surface area contributed by atoms with E-state index in [9.17, 15) is 18.0 Å². The van der Waals surface area contributed by atoms with Crippen LogP contribution in [-0.2, 0) is 26.2 Å². The van der Waals surface area contributed by atoms with Crippen molar-refractivity contribution in [1.82, 2.24) is 10.2 Å². The lowest BCUT2D eigenvalue weighted by Gasteiger charge is -2.33. The molecule has 0 radical (unpaired) electrons. The molecule has 0 bridgehead atoms. The predicted octanol–water partition coefficient (Wildman–Crippen LogP) is 4.95. The van der Waals surface area contributed by atoms with Gasteiger partial charge < -0.3 is 10.2 Å². The van der Waals surface area contributed by atoms with E-state index in [-0.39, 0.29) is 24.4 Å². The largest absolute Gasteiger partial charge is 0.352 e. The number of rotatable bonds is 12. The van der Waals surface area contributed by atoms with Crippen molar-refractivity contribution in [2.75, 3.05) is 17.1 Å². The van der Waals surface area contributed by atoms with E-state index < -0.39 is 28.5 Å². The average molecular weight is 536 g/mol. The van der Waals surface area contributed by atoms with Crippen LogP contribution in [0.2, 0.25) is 5.02 Å². The van der Waals surface area contributed by atoms with Gasteiger partial charge >= 0.3 is 0 Å². The average Bonchev–Trinajstić information content (AvgIpc) is 2.82. The third kappa shape index (κ3) is 7.96. The topological polar surface area (TPSA) is 86.8 Å². The zero-order chi connectivity index (χ0) is 27.0. The minimum absolute atomic E-state index is 0.0594. The van der Waals surface area contributed by atoms with Crippen LogP contribution in [-0.4, -0.2) is 50.0 Å². The predicted molar refractivity (Wildman–Crippen MR) is 147 cm³/mol. The molecule has 0 fully saturated rings. The lowest BCUT2D eigenvalue weighted by atomic mass is 10.0. The number of nitrogens with zero attached hydrogens (tertiary/aromatic N) is 2. The Morgan fingerprint density at radius 2 is 1.58 bits per heavy atom. The first kappa shape index (κ1) is 29.6. The number of amides is 2. The van der Waals surface area contributed by atoms with Gasteiger partial charge in [0.25, 0.3) is 0 Å². The second-order valence-corrected chi connectivity index (χ2v) is 11.7. The summed E-state index contributed by atoms with van der Waals surface area (Å²) >= 11 is 6.38. The maximum absolute atomic E-state index is 13.7. The monoisotopic (exact) mass is 535 g/mol. The van der Waals surface area contributed by atoms with Crippen LogP contribution >= 0.6 is 11.6 Å². The first-order chi connectivity index (χ1) is 16.9. The minimum atomic E-state index is -3.78. The van der Waals surface area contributed by atoms with Crippen LogP contribution in [0.4, 0.5) is 5.69 Å². The molecule has 198 valence electrons. The molecule has 0 aliphatic heterocycles. The highest BCUT2D eigenvalue weighted by Gasteiger charge is 2.32. The van der Waals surface area contributed by atoms with Crippen LogP contribution in [0.3, 0.4) is 0 Å².